The fourth-order valence-corrected chi connectivity index (χ4v) is 1.01. The summed E-state index contributed by atoms with van der Waals surface area (Å²) in [6.45, 7) is 1.24. The number of esters is 1. The van der Waals surface area contributed by atoms with E-state index in [1.807, 2.05) is 0 Å². The van der Waals surface area contributed by atoms with Crippen molar-refractivity contribution in [2.24, 2.45) is 0 Å². The molecule has 0 aliphatic rings. The normalized spacial score (nSPS) is 9.07. The molecule has 0 atom stereocenters. The Morgan fingerprint density at radius 1 is 1.53 bits per heavy atom. The summed E-state index contributed by atoms with van der Waals surface area (Å²) in [5.74, 6) is -1.39. The van der Waals surface area contributed by atoms with Crippen LogP contribution in [0, 0.1) is 22.7 Å². The van der Waals surface area contributed by atoms with Crippen LogP contribution >= 0.6 is 0 Å². The average Bonchev–Trinajstić information content (AvgIpc) is 2.21. The van der Waals surface area contributed by atoms with Gasteiger partial charge in [0.25, 0.3) is 0 Å². The van der Waals surface area contributed by atoms with Gasteiger partial charge in [0.05, 0.1) is 12.1 Å². The number of nitriles is 2. The van der Waals surface area contributed by atoms with Crippen LogP contribution in [0.1, 0.15) is 18.5 Å². The largest absolute Gasteiger partial charge is 0.425 e. The van der Waals surface area contributed by atoms with Crippen LogP contribution in [0.25, 0.3) is 0 Å². The molecule has 0 radical (unpaired) electrons. The van der Waals surface area contributed by atoms with Crippen LogP contribution in [-0.4, -0.2) is 11.0 Å². The highest BCUT2D eigenvalue weighted by molar-refractivity contribution is 5.69. The minimum Gasteiger partial charge on any atom is -0.425 e. The molecule has 0 N–H and O–H groups in total. The number of hydrogen-bond acceptors (Lipinski definition) is 5. The number of nitrogens with zero attached hydrogens (tertiary/aromatic N) is 3. The smallest absolute Gasteiger partial charge is 0.308 e. The monoisotopic (exact) mass is 201 g/mol. The molecule has 0 fully saturated rings. The predicted octanol–water partition coefficient (Wildman–Crippen LogP) is 1.14. The van der Waals surface area contributed by atoms with Gasteiger partial charge in [0, 0.05) is 13.1 Å². The Labute approximate surface area is 86.5 Å². The molecule has 0 bridgehead atoms. The Morgan fingerprint density at radius 2 is 2.20 bits per heavy atom. The maximum Gasteiger partial charge on any atom is 0.308 e. The van der Waals surface area contributed by atoms with Crippen molar-refractivity contribution in [3.63, 3.8) is 0 Å². The van der Waals surface area contributed by atoms with Crippen LogP contribution in [0.5, 0.6) is 5.75 Å². The van der Waals surface area contributed by atoms with Gasteiger partial charge in [-0.2, -0.15) is 10.5 Å². The molecule has 1 aromatic rings. The van der Waals surface area contributed by atoms with E-state index in [0.29, 0.717) is 0 Å². The maximum absolute atomic E-state index is 10.7. The zero-order chi connectivity index (χ0) is 11.3. The summed E-state index contributed by atoms with van der Waals surface area (Å²) in [4.78, 5) is 14.6. The van der Waals surface area contributed by atoms with E-state index in [1.165, 1.54) is 19.2 Å². The minimum absolute atomic E-state index is 0.151. The molecule has 0 aliphatic carbocycles. The van der Waals surface area contributed by atoms with Crippen molar-refractivity contribution in [2.45, 2.75) is 12.8 Å². The number of rotatable bonds is 2. The Hall–Kier alpha value is -2.40. The van der Waals surface area contributed by atoms with Gasteiger partial charge in [-0.25, -0.2) is 0 Å². The van der Waals surface area contributed by atoms with Gasteiger partial charge in [0.1, 0.15) is 5.69 Å². The standard InChI is InChI=1S/C10H7N3O2/c1-7(14)15-9-3-2-4-13-10(9)8(5-11)6-12/h2-4,8H,1H3. The second-order valence-corrected chi connectivity index (χ2v) is 2.67. The van der Waals surface area contributed by atoms with Crippen molar-refractivity contribution in [1.29, 1.82) is 10.5 Å². The number of carbonyl (C=O) groups is 1. The first-order valence-electron chi connectivity index (χ1n) is 4.11. The van der Waals surface area contributed by atoms with Crippen LogP contribution in [0.3, 0.4) is 0 Å². The SMILES string of the molecule is CC(=O)Oc1cccnc1C(C#N)C#N. The van der Waals surface area contributed by atoms with E-state index in [4.69, 9.17) is 15.3 Å². The summed E-state index contributed by atoms with van der Waals surface area (Å²) >= 11 is 0. The molecule has 15 heavy (non-hydrogen) atoms. The maximum atomic E-state index is 10.7. The van der Waals surface area contributed by atoms with Crippen LogP contribution in [0.4, 0.5) is 0 Å². The van der Waals surface area contributed by atoms with Crippen LogP contribution in [0.2, 0.25) is 0 Å². The summed E-state index contributed by atoms with van der Waals surface area (Å²) < 4.78 is 4.83. The fraction of sp³-hybridized carbons (Fsp3) is 0.200. The van der Waals surface area contributed by atoms with E-state index < -0.39 is 11.9 Å². The van der Waals surface area contributed by atoms with Gasteiger partial charge >= 0.3 is 5.97 Å². The molecule has 0 aromatic carbocycles. The van der Waals surface area contributed by atoms with Crippen molar-refractivity contribution < 1.29 is 9.53 Å². The summed E-state index contributed by atoms with van der Waals surface area (Å²) in [6, 6.07) is 6.59. The van der Waals surface area contributed by atoms with Gasteiger partial charge < -0.3 is 4.74 Å². The lowest BCUT2D eigenvalue weighted by Gasteiger charge is -2.06. The number of carbonyl (C=O) groups excluding carboxylic acids is 1. The molecule has 1 rings (SSSR count). The summed E-state index contributed by atoms with van der Waals surface area (Å²) in [5.41, 5.74) is 0.165. The Morgan fingerprint density at radius 3 is 2.73 bits per heavy atom. The van der Waals surface area contributed by atoms with Crippen molar-refractivity contribution in [3.05, 3.63) is 24.0 Å². The molecule has 0 unspecified atom stereocenters. The molecule has 5 heteroatoms. The second-order valence-electron chi connectivity index (χ2n) is 2.67. The molecule has 74 valence electrons. The number of aromatic nitrogens is 1. The van der Waals surface area contributed by atoms with Crippen LogP contribution in [-0.2, 0) is 4.79 Å². The third kappa shape index (κ3) is 2.52. The fourth-order valence-electron chi connectivity index (χ4n) is 1.01. The number of hydrogen-bond donors (Lipinski definition) is 0. The quantitative estimate of drug-likeness (QED) is 0.669. The van der Waals surface area contributed by atoms with Crippen LogP contribution < -0.4 is 4.74 Å². The van der Waals surface area contributed by atoms with Crippen molar-refractivity contribution in [3.8, 4) is 17.9 Å². The van der Waals surface area contributed by atoms with Gasteiger partial charge in [0.15, 0.2) is 11.7 Å². The van der Waals surface area contributed by atoms with Gasteiger partial charge in [0.2, 0.25) is 0 Å². The van der Waals surface area contributed by atoms with Gasteiger partial charge in [-0.05, 0) is 12.1 Å². The lowest BCUT2D eigenvalue weighted by atomic mass is 10.1. The molecule has 5 nitrogen and oxygen atoms in total. The first-order chi connectivity index (χ1) is 7.19. The summed E-state index contributed by atoms with van der Waals surface area (Å²) in [6.07, 6.45) is 1.43. The van der Waals surface area contributed by atoms with E-state index in [9.17, 15) is 4.79 Å². The highest BCUT2D eigenvalue weighted by atomic mass is 16.5. The van der Waals surface area contributed by atoms with Crippen molar-refractivity contribution in [1.82, 2.24) is 4.98 Å². The molecule has 0 aliphatic heterocycles. The lowest BCUT2D eigenvalue weighted by Crippen LogP contribution is -2.06. The predicted molar refractivity (Wildman–Crippen MR) is 49.5 cm³/mol. The zero-order valence-corrected chi connectivity index (χ0v) is 7.97. The first-order valence-corrected chi connectivity index (χ1v) is 4.11. The molecule has 0 saturated carbocycles. The third-order valence-corrected chi connectivity index (χ3v) is 1.59. The number of pyridine rings is 1. The van der Waals surface area contributed by atoms with Crippen molar-refractivity contribution in [2.75, 3.05) is 0 Å². The van der Waals surface area contributed by atoms with Gasteiger partial charge in [-0.15, -0.1) is 0 Å². The Bertz CT molecular complexity index is 442. The van der Waals surface area contributed by atoms with E-state index in [-0.39, 0.29) is 11.4 Å². The molecule has 0 amide bonds. The number of ether oxygens (including phenoxy) is 1. The topological polar surface area (TPSA) is 86.8 Å². The highest BCUT2D eigenvalue weighted by Crippen LogP contribution is 2.23. The third-order valence-electron chi connectivity index (χ3n) is 1.59. The zero-order valence-electron chi connectivity index (χ0n) is 7.97. The van der Waals surface area contributed by atoms with Crippen molar-refractivity contribution >= 4 is 5.97 Å². The summed E-state index contributed by atoms with van der Waals surface area (Å²) in [7, 11) is 0. The van der Waals surface area contributed by atoms with E-state index in [2.05, 4.69) is 4.98 Å². The van der Waals surface area contributed by atoms with E-state index >= 15 is 0 Å². The highest BCUT2D eigenvalue weighted by Gasteiger charge is 2.17. The molecular formula is C10H7N3O2. The average molecular weight is 201 g/mol. The van der Waals surface area contributed by atoms with E-state index in [1.54, 1.807) is 18.2 Å². The molecular weight excluding hydrogens is 194 g/mol. The van der Waals surface area contributed by atoms with Gasteiger partial charge in [-0.3, -0.25) is 9.78 Å². The molecule has 0 spiro atoms. The van der Waals surface area contributed by atoms with Crippen LogP contribution in [0.15, 0.2) is 18.3 Å². The molecule has 1 aromatic heterocycles. The van der Waals surface area contributed by atoms with Gasteiger partial charge in [-0.1, -0.05) is 0 Å². The van der Waals surface area contributed by atoms with E-state index in [0.717, 1.165) is 0 Å². The first kappa shape index (κ1) is 10.7. The Kier molecular flexibility index (Phi) is 3.37. The summed E-state index contributed by atoms with van der Waals surface area (Å²) in [5, 5.41) is 17.4. The molecule has 0 saturated heterocycles. The minimum atomic E-state index is -1.03. The second kappa shape index (κ2) is 4.73. The molecule has 1 heterocycles. The Balaban J connectivity index is 3.13. The lowest BCUT2D eigenvalue weighted by molar-refractivity contribution is -0.131.